The van der Waals surface area contributed by atoms with Gasteiger partial charge in [-0.2, -0.15) is 5.10 Å². The number of hydrogen-bond donors (Lipinski definition) is 1. The molecule has 1 atom stereocenters. The van der Waals surface area contributed by atoms with E-state index < -0.39 is 0 Å². The smallest absolute Gasteiger partial charge is 0.245 e. The number of anilines is 1. The lowest BCUT2D eigenvalue weighted by Gasteiger charge is -2.42. The average molecular weight is 251 g/mol. The Morgan fingerprint density at radius 3 is 2.67 bits per heavy atom. The van der Waals surface area contributed by atoms with Crippen LogP contribution in [0.2, 0.25) is 0 Å². The summed E-state index contributed by atoms with van der Waals surface area (Å²) >= 11 is 0. The van der Waals surface area contributed by atoms with Crippen LogP contribution in [0.4, 0.5) is 5.95 Å². The maximum absolute atomic E-state index is 5.89. The van der Waals surface area contributed by atoms with Crippen molar-refractivity contribution in [2.75, 3.05) is 24.5 Å². The van der Waals surface area contributed by atoms with Crippen molar-refractivity contribution in [1.82, 2.24) is 15.2 Å². The zero-order chi connectivity index (χ0) is 13.3. The van der Waals surface area contributed by atoms with Gasteiger partial charge < -0.3 is 15.4 Å². The van der Waals surface area contributed by atoms with Crippen molar-refractivity contribution < 1.29 is 4.74 Å². The zero-order valence-corrected chi connectivity index (χ0v) is 11.5. The Morgan fingerprint density at radius 2 is 2.06 bits per heavy atom. The molecule has 0 amide bonds. The summed E-state index contributed by atoms with van der Waals surface area (Å²) in [6.07, 6.45) is 0.0129. The number of aromatic nitrogens is 3. The molecule has 2 N–H and O–H groups in total. The van der Waals surface area contributed by atoms with E-state index in [-0.39, 0.29) is 11.7 Å². The summed E-state index contributed by atoms with van der Waals surface area (Å²) < 4.78 is 5.89. The lowest BCUT2D eigenvalue weighted by Crippen LogP contribution is -2.55. The van der Waals surface area contributed by atoms with Gasteiger partial charge in [0.1, 0.15) is 0 Å². The van der Waals surface area contributed by atoms with Gasteiger partial charge in [-0.15, -0.1) is 5.10 Å². The molecule has 2 rings (SSSR count). The Hall–Kier alpha value is -1.27. The van der Waals surface area contributed by atoms with Crippen molar-refractivity contribution in [3.63, 3.8) is 0 Å². The minimum Gasteiger partial charge on any atom is -0.367 e. The van der Waals surface area contributed by atoms with Crippen LogP contribution in [0.15, 0.2) is 0 Å². The highest BCUT2D eigenvalue weighted by Gasteiger charge is 2.34. The number of morpholine rings is 1. The van der Waals surface area contributed by atoms with Gasteiger partial charge in [-0.25, -0.2) is 4.98 Å². The van der Waals surface area contributed by atoms with Crippen LogP contribution in [0.3, 0.4) is 0 Å². The molecule has 1 fully saturated rings. The number of ether oxygens (including phenoxy) is 1. The number of hydrogen-bond acceptors (Lipinski definition) is 6. The second kappa shape index (κ2) is 4.78. The monoisotopic (exact) mass is 251 g/mol. The molecule has 0 radical (unpaired) electrons. The molecule has 1 saturated heterocycles. The molecular weight excluding hydrogens is 230 g/mol. The lowest BCUT2D eigenvalue weighted by atomic mass is 10.1. The fourth-order valence-corrected chi connectivity index (χ4v) is 2.15. The Kier molecular flexibility index (Phi) is 3.49. The lowest BCUT2D eigenvalue weighted by molar-refractivity contribution is -0.0792. The average Bonchev–Trinajstić information content (AvgIpc) is 2.30. The summed E-state index contributed by atoms with van der Waals surface area (Å²) in [7, 11) is 0. The van der Waals surface area contributed by atoms with E-state index in [4.69, 9.17) is 10.5 Å². The Balaban J connectivity index is 2.23. The second-order valence-corrected chi connectivity index (χ2v) is 5.40. The highest BCUT2D eigenvalue weighted by atomic mass is 16.5. The molecule has 18 heavy (non-hydrogen) atoms. The molecule has 1 aromatic heterocycles. The van der Waals surface area contributed by atoms with Crippen molar-refractivity contribution in [2.45, 2.75) is 39.4 Å². The molecule has 6 nitrogen and oxygen atoms in total. The third kappa shape index (κ3) is 2.76. The minimum atomic E-state index is -0.246. The van der Waals surface area contributed by atoms with E-state index in [1.807, 2.05) is 13.8 Å². The quantitative estimate of drug-likeness (QED) is 0.821. The number of nitrogens with zero attached hydrogens (tertiary/aromatic N) is 4. The molecule has 1 aromatic rings. The number of nitrogens with two attached hydrogens (primary N) is 1. The van der Waals surface area contributed by atoms with E-state index in [1.165, 1.54) is 0 Å². The molecular formula is C12H21N5O. The van der Waals surface area contributed by atoms with E-state index in [0.29, 0.717) is 19.0 Å². The van der Waals surface area contributed by atoms with Gasteiger partial charge in [0, 0.05) is 19.6 Å². The van der Waals surface area contributed by atoms with Gasteiger partial charge in [-0.05, 0) is 27.7 Å². The Bertz CT molecular complexity index is 434. The van der Waals surface area contributed by atoms with Crippen molar-refractivity contribution in [3.8, 4) is 0 Å². The molecule has 0 saturated carbocycles. The number of rotatable bonds is 2. The molecule has 100 valence electrons. The standard InChI is InChI=1S/C12H21N5O/c1-8-9(2)15-16-11(14-8)17-6-10(5-13)18-12(3,4)7-17/h10H,5-7,13H2,1-4H3. The van der Waals surface area contributed by atoms with Crippen molar-refractivity contribution in [1.29, 1.82) is 0 Å². The van der Waals surface area contributed by atoms with Crippen LogP contribution in [0, 0.1) is 13.8 Å². The summed E-state index contributed by atoms with van der Waals surface area (Å²) in [6.45, 7) is 9.91. The van der Waals surface area contributed by atoms with Crippen LogP contribution >= 0.6 is 0 Å². The maximum atomic E-state index is 5.89. The van der Waals surface area contributed by atoms with Gasteiger partial charge >= 0.3 is 0 Å². The minimum absolute atomic E-state index is 0.0129. The van der Waals surface area contributed by atoms with Crippen LogP contribution in [0.25, 0.3) is 0 Å². The van der Waals surface area contributed by atoms with E-state index >= 15 is 0 Å². The Labute approximate surface area is 108 Å². The highest BCUT2D eigenvalue weighted by molar-refractivity contribution is 5.32. The fourth-order valence-electron chi connectivity index (χ4n) is 2.15. The molecule has 1 aliphatic heterocycles. The largest absolute Gasteiger partial charge is 0.367 e. The predicted octanol–water partition coefficient (Wildman–Crippen LogP) is 0.431. The fraction of sp³-hybridized carbons (Fsp3) is 0.750. The van der Waals surface area contributed by atoms with Crippen molar-refractivity contribution in [3.05, 3.63) is 11.4 Å². The van der Waals surface area contributed by atoms with Crippen LogP contribution in [-0.4, -0.2) is 46.5 Å². The first-order valence-electron chi connectivity index (χ1n) is 6.22. The van der Waals surface area contributed by atoms with Gasteiger partial charge in [0.05, 0.1) is 23.1 Å². The summed E-state index contributed by atoms with van der Waals surface area (Å²) in [5, 5.41) is 8.29. The Morgan fingerprint density at radius 1 is 1.33 bits per heavy atom. The van der Waals surface area contributed by atoms with Crippen LogP contribution < -0.4 is 10.6 Å². The molecule has 0 bridgehead atoms. The molecule has 0 aliphatic carbocycles. The van der Waals surface area contributed by atoms with Crippen molar-refractivity contribution in [2.24, 2.45) is 5.73 Å². The third-order valence-electron chi connectivity index (χ3n) is 3.11. The first-order valence-corrected chi connectivity index (χ1v) is 6.22. The van der Waals surface area contributed by atoms with Gasteiger partial charge in [-0.1, -0.05) is 0 Å². The van der Waals surface area contributed by atoms with Gasteiger partial charge in [0.25, 0.3) is 0 Å². The van der Waals surface area contributed by atoms with E-state index in [2.05, 4.69) is 33.9 Å². The summed E-state index contributed by atoms with van der Waals surface area (Å²) in [5.41, 5.74) is 7.24. The molecule has 2 heterocycles. The third-order valence-corrected chi connectivity index (χ3v) is 3.11. The molecule has 0 spiro atoms. The van der Waals surface area contributed by atoms with Gasteiger partial charge in [0.15, 0.2) is 0 Å². The zero-order valence-electron chi connectivity index (χ0n) is 11.5. The normalized spacial score (nSPS) is 23.2. The first kappa shape index (κ1) is 13.2. The predicted molar refractivity (Wildman–Crippen MR) is 69.5 cm³/mol. The van der Waals surface area contributed by atoms with Gasteiger partial charge in [0.2, 0.25) is 5.95 Å². The van der Waals surface area contributed by atoms with E-state index in [9.17, 15) is 0 Å². The van der Waals surface area contributed by atoms with Crippen LogP contribution in [-0.2, 0) is 4.74 Å². The van der Waals surface area contributed by atoms with Crippen LogP contribution in [0.1, 0.15) is 25.2 Å². The summed E-state index contributed by atoms with van der Waals surface area (Å²) in [4.78, 5) is 6.58. The van der Waals surface area contributed by atoms with Gasteiger partial charge in [-0.3, -0.25) is 0 Å². The second-order valence-electron chi connectivity index (χ2n) is 5.40. The number of aryl methyl sites for hydroxylation is 2. The first-order chi connectivity index (χ1) is 8.41. The van der Waals surface area contributed by atoms with E-state index in [0.717, 1.165) is 17.9 Å². The SMILES string of the molecule is Cc1nnc(N2CC(CN)OC(C)(C)C2)nc1C. The maximum Gasteiger partial charge on any atom is 0.245 e. The summed E-state index contributed by atoms with van der Waals surface area (Å²) in [5.74, 6) is 0.660. The topological polar surface area (TPSA) is 77.2 Å². The molecule has 1 aliphatic rings. The highest BCUT2D eigenvalue weighted by Crippen LogP contribution is 2.23. The molecule has 0 aromatic carbocycles. The molecule has 6 heteroatoms. The van der Waals surface area contributed by atoms with E-state index in [1.54, 1.807) is 0 Å². The van der Waals surface area contributed by atoms with Crippen molar-refractivity contribution >= 4 is 5.95 Å². The molecule has 1 unspecified atom stereocenters. The summed E-state index contributed by atoms with van der Waals surface area (Å²) in [6, 6.07) is 0. The van der Waals surface area contributed by atoms with Crippen LogP contribution in [0.5, 0.6) is 0 Å².